The first-order valence-electron chi connectivity index (χ1n) is 16.1. The van der Waals surface area contributed by atoms with Gasteiger partial charge < -0.3 is 0 Å². The molecule has 4 bridgehead atoms. The van der Waals surface area contributed by atoms with E-state index in [2.05, 4.69) is 48.5 Å². The van der Waals surface area contributed by atoms with E-state index in [0.717, 1.165) is 44.5 Å². The molecule has 2 heterocycles. The van der Waals surface area contributed by atoms with E-state index >= 15 is 0 Å². The summed E-state index contributed by atoms with van der Waals surface area (Å²) >= 11 is 0. The van der Waals surface area contributed by atoms with Crippen LogP contribution >= 0.6 is 0 Å². The van der Waals surface area contributed by atoms with Crippen LogP contribution in [0.2, 0.25) is 0 Å². The zero-order valence-electron chi connectivity index (χ0n) is 24.5. The Bertz CT molecular complexity index is 1640. The van der Waals surface area contributed by atoms with E-state index in [1.54, 1.807) is 0 Å². The van der Waals surface area contributed by atoms with E-state index in [1.807, 2.05) is 48.5 Å². The second-order valence-corrected chi connectivity index (χ2v) is 13.5. The molecule has 4 unspecified atom stereocenters. The first-order valence-corrected chi connectivity index (χ1v) is 16.1. The molecule has 2 saturated heterocycles. The molecule has 4 aromatic rings. The molecule has 0 spiro atoms. The summed E-state index contributed by atoms with van der Waals surface area (Å²) in [5.74, 6) is -2.74. The molecule has 2 aliphatic heterocycles. The van der Waals surface area contributed by atoms with Crippen molar-refractivity contribution in [2.75, 3.05) is 13.1 Å². The summed E-state index contributed by atoms with van der Waals surface area (Å²) in [5.41, 5.74) is 9.21. The SMILES string of the molecule is O=C1C2C3c4ccccc4C(c4ccccc43)C2C(=O)N1CCCN1C(=O)C2C3c4ccccc4C(c4ccccc43)C2C1=O. The third-order valence-electron chi connectivity index (χ3n) is 11.8. The fourth-order valence-electron chi connectivity index (χ4n) is 10.3. The average molecular weight is 591 g/mol. The topological polar surface area (TPSA) is 74.8 Å². The molecular weight excluding hydrogens is 560 g/mol. The minimum Gasteiger partial charge on any atom is -0.282 e. The Morgan fingerprint density at radius 1 is 0.356 bits per heavy atom. The van der Waals surface area contributed by atoms with Crippen molar-refractivity contribution in [1.82, 2.24) is 9.80 Å². The van der Waals surface area contributed by atoms with Crippen LogP contribution in [0.1, 0.15) is 74.6 Å². The smallest absolute Gasteiger partial charge is 0.234 e. The molecule has 0 radical (unpaired) electrons. The monoisotopic (exact) mass is 590 g/mol. The number of hydrogen-bond acceptors (Lipinski definition) is 4. The molecule has 4 amide bonds. The van der Waals surface area contributed by atoms with Gasteiger partial charge in [0.25, 0.3) is 0 Å². The zero-order valence-corrected chi connectivity index (χ0v) is 24.5. The number of likely N-dealkylation sites (tertiary alicyclic amines) is 2. The van der Waals surface area contributed by atoms with Crippen LogP contribution in [0.15, 0.2) is 97.1 Å². The van der Waals surface area contributed by atoms with E-state index in [1.165, 1.54) is 9.80 Å². The number of nitrogens with zero attached hydrogens (tertiary/aromatic N) is 2. The molecule has 6 aliphatic carbocycles. The molecule has 0 saturated carbocycles. The first-order chi connectivity index (χ1) is 22.1. The van der Waals surface area contributed by atoms with Crippen molar-refractivity contribution in [3.63, 3.8) is 0 Å². The molecule has 8 aliphatic rings. The van der Waals surface area contributed by atoms with Crippen molar-refractivity contribution in [2.45, 2.75) is 30.1 Å². The average Bonchev–Trinajstić information content (AvgIpc) is 3.49. The highest BCUT2D eigenvalue weighted by atomic mass is 16.2. The number of imide groups is 2. The quantitative estimate of drug-likeness (QED) is 0.308. The molecule has 4 aromatic carbocycles. The normalized spacial score (nSPS) is 31.0. The van der Waals surface area contributed by atoms with E-state index < -0.39 is 23.7 Å². The van der Waals surface area contributed by atoms with E-state index in [-0.39, 0.29) is 60.4 Å². The van der Waals surface area contributed by atoms with Gasteiger partial charge in [0, 0.05) is 36.8 Å². The molecule has 4 atom stereocenters. The number of hydrogen-bond donors (Lipinski definition) is 0. The van der Waals surface area contributed by atoms with Crippen molar-refractivity contribution in [1.29, 1.82) is 0 Å². The second kappa shape index (κ2) is 8.87. The summed E-state index contributed by atoms with van der Waals surface area (Å²) < 4.78 is 0. The lowest BCUT2D eigenvalue weighted by atomic mass is 9.55. The Balaban J connectivity index is 0.923. The van der Waals surface area contributed by atoms with Crippen molar-refractivity contribution in [2.24, 2.45) is 23.7 Å². The fraction of sp³-hybridized carbons (Fsp3) is 0.282. The summed E-state index contributed by atoms with van der Waals surface area (Å²) in [5, 5.41) is 0. The first kappa shape index (κ1) is 25.5. The zero-order chi connectivity index (χ0) is 30.1. The molecule has 6 heteroatoms. The van der Waals surface area contributed by atoms with Gasteiger partial charge in [-0.15, -0.1) is 0 Å². The van der Waals surface area contributed by atoms with Crippen LogP contribution < -0.4 is 0 Å². The largest absolute Gasteiger partial charge is 0.282 e. The number of carbonyl (C=O) groups excluding carboxylic acids is 4. The summed E-state index contributed by atoms with van der Waals surface area (Å²) in [6.07, 6.45) is 0.373. The lowest BCUT2D eigenvalue weighted by molar-refractivity contribution is -0.140. The Morgan fingerprint density at radius 3 is 0.756 bits per heavy atom. The number of rotatable bonds is 4. The van der Waals surface area contributed by atoms with Gasteiger partial charge in [-0.1, -0.05) is 97.1 Å². The summed E-state index contributed by atoms with van der Waals surface area (Å²) in [7, 11) is 0. The van der Waals surface area contributed by atoms with Gasteiger partial charge in [-0.05, 0) is 50.9 Å². The minimum atomic E-state index is -0.419. The van der Waals surface area contributed by atoms with Crippen molar-refractivity contribution in [3.05, 3.63) is 142 Å². The molecule has 6 nitrogen and oxygen atoms in total. The molecule has 0 aromatic heterocycles. The van der Waals surface area contributed by atoms with Crippen LogP contribution in [0.5, 0.6) is 0 Å². The number of amides is 4. The van der Waals surface area contributed by atoms with Crippen LogP contribution in [0, 0.1) is 23.7 Å². The summed E-state index contributed by atoms with van der Waals surface area (Å²) in [6.45, 7) is 0.410. The Morgan fingerprint density at radius 2 is 0.556 bits per heavy atom. The summed E-state index contributed by atoms with van der Waals surface area (Å²) in [4.78, 5) is 59.0. The van der Waals surface area contributed by atoms with Crippen LogP contribution in [0.25, 0.3) is 0 Å². The van der Waals surface area contributed by atoms with Gasteiger partial charge in [0.2, 0.25) is 23.6 Å². The molecule has 2 fully saturated rings. The molecule has 12 rings (SSSR count). The lowest BCUT2D eigenvalue weighted by Gasteiger charge is -2.45. The number of carbonyl (C=O) groups is 4. The van der Waals surface area contributed by atoms with Gasteiger partial charge in [0.05, 0.1) is 23.7 Å². The number of benzene rings is 4. The minimum absolute atomic E-state index is 0.124. The van der Waals surface area contributed by atoms with Gasteiger partial charge in [0.15, 0.2) is 0 Å². The maximum absolute atomic E-state index is 14.0. The van der Waals surface area contributed by atoms with Crippen LogP contribution in [-0.2, 0) is 19.2 Å². The van der Waals surface area contributed by atoms with Gasteiger partial charge in [0.1, 0.15) is 0 Å². The van der Waals surface area contributed by atoms with Crippen LogP contribution in [-0.4, -0.2) is 46.5 Å². The standard InChI is InChI=1S/C39H30N2O4/c42-36-32-28-20-10-1-2-11-21(20)29(23-13-4-3-12-22(23)28)33(32)37(43)40(36)18-9-19-41-38(44)34-30-24-14-5-6-15-25(24)31(35(34)39(41)45)27-17-8-7-16-26(27)30/h1-8,10-17,28-35H,9,18-19H2. The Hall–Kier alpha value is -4.84. The highest BCUT2D eigenvalue weighted by Gasteiger charge is 2.63. The maximum Gasteiger partial charge on any atom is 0.234 e. The maximum atomic E-state index is 14.0. The Kier molecular flexibility index (Phi) is 5.03. The predicted molar refractivity (Wildman–Crippen MR) is 165 cm³/mol. The van der Waals surface area contributed by atoms with Crippen LogP contribution in [0.3, 0.4) is 0 Å². The molecule has 0 N–H and O–H groups in total. The Labute approximate surface area is 260 Å². The molecular formula is C39H30N2O4. The van der Waals surface area contributed by atoms with Crippen LogP contribution in [0.4, 0.5) is 0 Å². The van der Waals surface area contributed by atoms with Crippen molar-refractivity contribution >= 4 is 23.6 Å². The van der Waals surface area contributed by atoms with Crippen molar-refractivity contribution in [3.8, 4) is 0 Å². The third kappa shape index (κ3) is 3.05. The van der Waals surface area contributed by atoms with E-state index in [0.29, 0.717) is 6.42 Å². The highest BCUT2D eigenvalue weighted by molar-refractivity contribution is 6.08. The third-order valence-corrected chi connectivity index (χ3v) is 11.8. The molecule has 220 valence electrons. The fourth-order valence-corrected chi connectivity index (χ4v) is 10.3. The highest BCUT2D eigenvalue weighted by Crippen LogP contribution is 2.62. The lowest BCUT2D eigenvalue weighted by Crippen LogP contribution is -2.41. The van der Waals surface area contributed by atoms with Gasteiger partial charge in [-0.3, -0.25) is 29.0 Å². The van der Waals surface area contributed by atoms with Gasteiger partial charge in [-0.25, -0.2) is 0 Å². The molecule has 45 heavy (non-hydrogen) atoms. The van der Waals surface area contributed by atoms with E-state index in [4.69, 9.17) is 0 Å². The van der Waals surface area contributed by atoms with E-state index in [9.17, 15) is 19.2 Å². The van der Waals surface area contributed by atoms with Gasteiger partial charge >= 0.3 is 0 Å². The predicted octanol–water partition coefficient (Wildman–Crippen LogP) is 5.16. The second-order valence-electron chi connectivity index (χ2n) is 13.5. The van der Waals surface area contributed by atoms with Gasteiger partial charge in [-0.2, -0.15) is 0 Å². The summed E-state index contributed by atoms with van der Waals surface area (Å²) in [6, 6.07) is 33.0. The van der Waals surface area contributed by atoms with Crippen molar-refractivity contribution < 1.29 is 19.2 Å².